The van der Waals surface area contributed by atoms with Crippen molar-refractivity contribution in [1.29, 1.82) is 0 Å². The highest BCUT2D eigenvalue weighted by Crippen LogP contribution is 2.29. The lowest BCUT2D eigenvalue weighted by molar-refractivity contribution is -0.141. The van der Waals surface area contributed by atoms with Gasteiger partial charge < -0.3 is 14.5 Å². The number of esters is 1. The molecular weight excluding hydrogens is 382 g/mol. The fraction of sp³-hybridized carbons (Fsp3) is 0.286. The number of H-pyrrole nitrogens is 1. The van der Waals surface area contributed by atoms with Gasteiger partial charge in [0.1, 0.15) is 12.4 Å². The summed E-state index contributed by atoms with van der Waals surface area (Å²) in [5.41, 5.74) is 2.89. The van der Waals surface area contributed by atoms with Gasteiger partial charge in [0.25, 0.3) is 0 Å². The van der Waals surface area contributed by atoms with Crippen LogP contribution in [0, 0.1) is 13.8 Å². The number of carbonyl (C=O) groups is 3. The highest BCUT2D eigenvalue weighted by molar-refractivity contribution is 6.30. The zero-order chi connectivity index (χ0) is 20.6. The van der Waals surface area contributed by atoms with Crippen LogP contribution in [0.15, 0.2) is 23.8 Å². The number of aromatic amines is 1. The Kier molecular flexibility index (Phi) is 5.42. The second kappa shape index (κ2) is 7.64. The van der Waals surface area contributed by atoms with Gasteiger partial charge in [0.2, 0.25) is 5.78 Å². The van der Waals surface area contributed by atoms with Crippen LogP contribution in [0.4, 0.5) is 0 Å². The molecule has 146 valence electrons. The Labute approximate surface area is 167 Å². The summed E-state index contributed by atoms with van der Waals surface area (Å²) in [6.07, 6.45) is 0.619. The summed E-state index contributed by atoms with van der Waals surface area (Å²) in [4.78, 5) is 39.9. The maximum absolute atomic E-state index is 12.7. The number of fused-ring (bicyclic) bond motifs is 1. The number of aryl methyl sites for hydroxylation is 1. The van der Waals surface area contributed by atoms with Crippen LogP contribution < -0.4 is 4.74 Å². The number of hydrogen-bond donors (Lipinski definition) is 1. The standard InChI is InChI=1S/C21H20ClNO5/c1-10-18(12(3)24)11(2)23-19(10)20(25)13(4)28-21(26)15-7-14-8-16(22)5-6-17(14)27-9-15/h5-8,13,23H,9H2,1-4H3. The first-order valence-electron chi connectivity index (χ1n) is 8.77. The van der Waals surface area contributed by atoms with Gasteiger partial charge in [-0.05, 0) is 57.5 Å². The number of halogens is 1. The third-order valence-corrected chi connectivity index (χ3v) is 4.87. The molecule has 1 aromatic carbocycles. The molecule has 1 aliphatic rings. The van der Waals surface area contributed by atoms with E-state index in [4.69, 9.17) is 21.1 Å². The lowest BCUT2D eigenvalue weighted by Crippen LogP contribution is -2.28. The Balaban J connectivity index is 1.77. The predicted molar refractivity (Wildman–Crippen MR) is 105 cm³/mol. The quantitative estimate of drug-likeness (QED) is 0.602. The number of rotatable bonds is 5. The van der Waals surface area contributed by atoms with Crippen molar-refractivity contribution in [3.63, 3.8) is 0 Å². The number of ether oxygens (including phenoxy) is 2. The van der Waals surface area contributed by atoms with E-state index in [9.17, 15) is 14.4 Å². The van der Waals surface area contributed by atoms with E-state index in [0.29, 0.717) is 38.7 Å². The van der Waals surface area contributed by atoms with Crippen molar-refractivity contribution in [2.24, 2.45) is 0 Å². The van der Waals surface area contributed by atoms with E-state index in [2.05, 4.69) is 4.98 Å². The molecule has 0 amide bonds. The highest BCUT2D eigenvalue weighted by Gasteiger charge is 2.28. The van der Waals surface area contributed by atoms with Gasteiger partial charge in [0, 0.05) is 21.8 Å². The average molecular weight is 402 g/mol. The van der Waals surface area contributed by atoms with Gasteiger partial charge in [-0.2, -0.15) is 0 Å². The monoisotopic (exact) mass is 401 g/mol. The molecular formula is C21H20ClNO5. The Bertz CT molecular complexity index is 1020. The molecule has 3 rings (SSSR count). The molecule has 1 aromatic heterocycles. The summed E-state index contributed by atoms with van der Waals surface area (Å²) in [5, 5.41) is 0.524. The fourth-order valence-electron chi connectivity index (χ4n) is 3.28. The van der Waals surface area contributed by atoms with Crippen LogP contribution in [0.2, 0.25) is 5.02 Å². The van der Waals surface area contributed by atoms with E-state index in [1.165, 1.54) is 13.8 Å². The lowest BCUT2D eigenvalue weighted by Gasteiger charge is -2.19. The van der Waals surface area contributed by atoms with Crippen LogP contribution >= 0.6 is 11.6 Å². The average Bonchev–Trinajstić information content (AvgIpc) is 2.94. The van der Waals surface area contributed by atoms with Crippen molar-refractivity contribution < 1.29 is 23.9 Å². The van der Waals surface area contributed by atoms with Gasteiger partial charge in [0.15, 0.2) is 11.9 Å². The number of hydrogen-bond acceptors (Lipinski definition) is 5. The van der Waals surface area contributed by atoms with Crippen molar-refractivity contribution >= 4 is 35.2 Å². The topological polar surface area (TPSA) is 85.5 Å². The molecule has 7 heteroatoms. The summed E-state index contributed by atoms with van der Waals surface area (Å²) < 4.78 is 10.9. The third-order valence-electron chi connectivity index (χ3n) is 4.64. The fourth-order valence-corrected chi connectivity index (χ4v) is 3.46. The molecule has 1 unspecified atom stereocenters. The zero-order valence-corrected chi connectivity index (χ0v) is 16.8. The van der Waals surface area contributed by atoms with Crippen molar-refractivity contribution in [3.05, 3.63) is 56.9 Å². The van der Waals surface area contributed by atoms with E-state index in [0.717, 1.165) is 0 Å². The summed E-state index contributed by atoms with van der Waals surface area (Å²) >= 11 is 5.98. The molecule has 1 atom stereocenters. The molecule has 1 aliphatic heterocycles. The second-order valence-electron chi connectivity index (χ2n) is 6.73. The number of benzene rings is 1. The van der Waals surface area contributed by atoms with Crippen LogP contribution in [-0.2, 0) is 9.53 Å². The molecule has 0 spiro atoms. The van der Waals surface area contributed by atoms with Crippen LogP contribution in [0.25, 0.3) is 6.08 Å². The zero-order valence-electron chi connectivity index (χ0n) is 16.0. The molecule has 0 fully saturated rings. The minimum absolute atomic E-state index is 0.0451. The van der Waals surface area contributed by atoms with Gasteiger partial charge in [-0.25, -0.2) is 4.79 Å². The maximum Gasteiger partial charge on any atom is 0.338 e. The normalized spacial score (nSPS) is 13.8. The van der Waals surface area contributed by atoms with E-state index in [1.807, 2.05) is 0 Å². The molecule has 0 saturated carbocycles. The number of nitrogens with one attached hydrogen (secondary N) is 1. The molecule has 2 heterocycles. The van der Waals surface area contributed by atoms with Crippen LogP contribution in [-0.4, -0.2) is 35.2 Å². The number of ketones is 2. The highest BCUT2D eigenvalue weighted by atomic mass is 35.5. The van der Waals surface area contributed by atoms with Gasteiger partial charge in [-0.15, -0.1) is 0 Å². The summed E-state index contributed by atoms with van der Waals surface area (Å²) in [6.45, 7) is 6.41. The Morgan fingerprint density at radius 3 is 2.61 bits per heavy atom. The number of Topliss-reactive ketones (excluding diaryl/α,β-unsaturated/α-hetero) is 2. The van der Waals surface area contributed by atoms with E-state index in [1.54, 1.807) is 38.1 Å². The predicted octanol–water partition coefficient (Wildman–Crippen LogP) is 4.08. The maximum atomic E-state index is 12.7. The van der Waals surface area contributed by atoms with E-state index < -0.39 is 17.9 Å². The Hall–Kier alpha value is -2.86. The van der Waals surface area contributed by atoms with Gasteiger partial charge >= 0.3 is 5.97 Å². The molecule has 0 radical (unpaired) electrons. The van der Waals surface area contributed by atoms with Crippen LogP contribution in [0.5, 0.6) is 5.75 Å². The summed E-state index contributed by atoms with van der Waals surface area (Å²) in [7, 11) is 0. The molecule has 0 bridgehead atoms. The van der Waals surface area contributed by atoms with Gasteiger partial charge in [-0.3, -0.25) is 9.59 Å². The van der Waals surface area contributed by atoms with Crippen molar-refractivity contribution in [1.82, 2.24) is 4.98 Å². The first-order chi connectivity index (χ1) is 13.2. The first kappa shape index (κ1) is 19.9. The van der Waals surface area contributed by atoms with Crippen LogP contribution in [0.3, 0.4) is 0 Å². The SMILES string of the molecule is CC(=O)c1c(C)[nH]c(C(=O)C(C)OC(=O)C2=Cc3cc(Cl)ccc3OC2)c1C. The minimum Gasteiger partial charge on any atom is -0.488 e. The van der Waals surface area contributed by atoms with Gasteiger partial charge in [-0.1, -0.05) is 11.6 Å². The molecule has 0 saturated heterocycles. The number of carbonyl (C=O) groups excluding carboxylic acids is 3. The van der Waals surface area contributed by atoms with E-state index >= 15 is 0 Å². The molecule has 28 heavy (non-hydrogen) atoms. The number of aromatic nitrogens is 1. The Morgan fingerprint density at radius 1 is 1.25 bits per heavy atom. The summed E-state index contributed by atoms with van der Waals surface area (Å²) in [6, 6.07) is 5.12. The first-order valence-corrected chi connectivity index (χ1v) is 9.15. The largest absolute Gasteiger partial charge is 0.488 e. The third kappa shape index (κ3) is 3.73. The lowest BCUT2D eigenvalue weighted by atomic mass is 10.0. The molecule has 2 aromatic rings. The smallest absolute Gasteiger partial charge is 0.338 e. The minimum atomic E-state index is -1.02. The molecule has 6 nitrogen and oxygen atoms in total. The molecule has 0 aliphatic carbocycles. The van der Waals surface area contributed by atoms with Crippen molar-refractivity contribution in [2.75, 3.05) is 6.61 Å². The van der Waals surface area contributed by atoms with Crippen molar-refractivity contribution in [2.45, 2.75) is 33.8 Å². The second-order valence-corrected chi connectivity index (χ2v) is 7.17. The summed E-state index contributed by atoms with van der Waals surface area (Å²) in [5.74, 6) is -0.544. The molecule has 1 N–H and O–H groups in total. The van der Waals surface area contributed by atoms with Crippen LogP contribution in [0.1, 0.15) is 51.5 Å². The van der Waals surface area contributed by atoms with E-state index in [-0.39, 0.29) is 18.1 Å². The van der Waals surface area contributed by atoms with Crippen molar-refractivity contribution in [3.8, 4) is 5.75 Å². The van der Waals surface area contributed by atoms with Gasteiger partial charge in [0.05, 0.1) is 11.3 Å². The Morgan fingerprint density at radius 2 is 1.96 bits per heavy atom.